The first-order valence-electron chi connectivity index (χ1n) is 6.29. The Morgan fingerprint density at radius 1 is 1.44 bits per heavy atom. The molecule has 2 rings (SSSR count). The molecule has 0 radical (unpaired) electrons. The van der Waals surface area contributed by atoms with Crippen molar-refractivity contribution in [3.63, 3.8) is 0 Å². The SMILES string of the molecule is CCNc1ccnc(OCC2CCNCC2)n1.Cl. The largest absolute Gasteiger partial charge is 0.463 e. The molecule has 2 heterocycles. The van der Waals surface area contributed by atoms with Crippen LogP contribution >= 0.6 is 12.4 Å². The number of ether oxygens (including phenoxy) is 1. The Balaban J connectivity index is 0.00000162. The number of nitrogens with one attached hydrogen (secondary N) is 2. The molecule has 0 unspecified atom stereocenters. The van der Waals surface area contributed by atoms with E-state index in [-0.39, 0.29) is 12.4 Å². The highest BCUT2D eigenvalue weighted by Crippen LogP contribution is 2.14. The van der Waals surface area contributed by atoms with Crippen LogP contribution in [0, 0.1) is 5.92 Å². The Kier molecular flexibility index (Phi) is 6.75. The van der Waals surface area contributed by atoms with E-state index in [4.69, 9.17) is 4.74 Å². The van der Waals surface area contributed by atoms with Crippen LogP contribution in [-0.4, -0.2) is 36.2 Å². The molecule has 0 aromatic carbocycles. The second-order valence-corrected chi connectivity index (χ2v) is 4.26. The summed E-state index contributed by atoms with van der Waals surface area (Å²) in [5, 5.41) is 6.49. The highest BCUT2D eigenvalue weighted by atomic mass is 35.5. The summed E-state index contributed by atoms with van der Waals surface area (Å²) >= 11 is 0. The lowest BCUT2D eigenvalue weighted by Crippen LogP contribution is -2.30. The van der Waals surface area contributed by atoms with Gasteiger partial charge in [-0.25, -0.2) is 4.98 Å². The van der Waals surface area contributed by atoms with Gasteiger partial charge in [0.2, 0.25) is 0 Å². The molecule has 1 aliphatic rings. The second kappa shape index (κ2) is 8.11. The topological polar surface area (TPSA) is 59.1 Å². The predicted molar refractivity (Wildman–Crippen MR) is 74.5 cm³/mol. The monoisotopic (exact) mass is 272 g/mol. The van der Waals surface area contributed by atoms with Crippen LogP contribution in [0.1, 0.15) is 19.8 Å². The van der Waals surface area contributed by atoms with Gasteiger partial charge in [-0.2, -0.15) is 4.98 Å². The standard InChI is InChI=1S/C12H20N4O.ClH/c1-2-14-11-5-8-15-12(16-11)17-9-10-3-6-13-7-4-10;/h5,8,10,13H,2-4,6-7,9H2,1H3,(H,14,15,16);1H. The number of anilines is 1. The fourth-order valence-electron chi connectivity index (χ4n) is 1.93. The van der Waals surface area contributed by atoms with E-state index in [2.05, 4.69) is 20.6 Å². The van der Waals surface area contributed by atoms with Crippen LogP contribution in [0.2, 0.25) is 0 Å². The first-order chi connectivity index (χ1) is 8.38. The molecule has 102 valence electrons. The third-order valence-corrected chi connectivity index (χ3v) is 2.90. The minimum absolute atomic E-state index is 0. The van der Waals surface area contributed by atoms with Crippen LogP contribution < -0.4 is 15.4 Å². The van der Waals surface area contributed by atoms with Crippen molar-refractivity contribution in [3.05, 3.63) is 12.3 Å². The number of aromatic nitrogens is 2. The average molecular weight is 273 g/mol. The van der Waals surface area contributed by atoms with Gasteiger partial charge in [-0.1, -0.05) is 0 Å². The van der Waals surface area contributed by atoms with Crippen molar-refractivity contribution in [2.75, 3.05) is 31.6 Å². The van der Waals surface area contributed by atoms with E-state index in [0.717, 1.165) is 32.1 Å². The van der Waals surface area contributed by atoms with E-state index in [1.54, 1.807) is 6.20 Å². The van der Waals surface area contributed by atoms with Crippen molar-refractivity contribution >= 4 is 18.2 Å². The molecule has 0 bridgehead atoms. The average Bonchev–Trinajstić information content (AvgIpc) is 2.39. The predicted octanol–water partition coefficient (Wildman–Crippen LogP) is 1.71. The van der Waals surface area contributed by atoms with Crippen molar-refractivity contribution < 1.29 is 4.74 Å². The quantitative estimate of drug-likeness (QED) is 0.855. The molecule has 18 heavy (non-hydrogen) atoms. The number of rotatable bonds is 5. The summed E-state index contributed by atoms with van der Waals surface area (Å²) in [6, 6.07) is 2.32. The molecule has 5 nitrogen and oxygen atoms in total. The summed E-state index contributed by atoms with van der Waals surface area (Å²) in [6.45, 7) is 5.79. The van der Waals surface area contributed by atoms with Crippen LogP contribution in [0.5, 0.6) is 6.01 Å². The molecule has 0 spiro atoms. The van der Waals surface area contributed by atoms with Gasteiger partial charge in [0.25, 0.3) is 0 Å². The highest BCUT2D eigenvalue weighted by Gasteiger charge is 2.14. The number of hydrogen-bond acceptors (Lipinski definition) is 5. The Labute approximate surface area is 114 Å². The van der Waals surface area contributed by atoms with E-state index in [1.807, 2.05) is 13.0 Å². The fourth-order valence-corrected chi connectivity index (χ4v) is 1.93. The van der Waals surface area contributed by atoms with Crippen molar-refractivity contribution in [1.29, 1.82) is 0 Å². The van der Waals surface area contributed by atoms with Gasteiger partial charge in [-0.05, 0) is 44.8 Å². The van der Waals surface area contributed by atoms with Gasteiger partial charge in [0, 0.05) is 12.7 Å². The second-order valence-electron chi connectivity index (χ2n) is 4.26. The smallest absolute Gasteiger partial charge is 0.318 e. The molecule has 1 saturated heterocycles. The Bertz CT molecular complexity index is 345. The first-order valence-corrected chi connectivity index (χ1v) is 6.29. The maximum absolute atomic E-state index is 5.64. The molecule has 1 aliphatic heterocycles. The van der Waals surface area contributed by atoms with E-state index in [1.165, 1.54) is 12.8 Å². The van der Waals surface area contributed by atoms with Crippen molar-refractivity contribution in [2.45, 2.75) is 19.8 Å². The van der Waals surface area contributed by atoms with E-state index in [9.17, 15) is 0 Å². The maximum atomic E-state index is 5.64. The molecular weight excluding hydrogens is 252 g/mol. The lowest BCUT2D eigenvalue weighted by Gasteiger charge is -2.22. The third kappa shape index (κ3) is 4.66. The minimum Gasteiger partial charge on any atom is -0.463 e. The highest BCUT2D eigenvalue weighted by molar-refractivity contribution is 5.85. The first kappa shape index (κ1) is 15.0. The zero-order chi connectivity index (χ0) is 11.9. The summed E-state index contributed by atoms with van der Waals surface area (Å²) in [5.74, 6) is 1.45. The molecule has 1 aromatic rings. The van der Waals surface area contributed by atoms with Gasteiger partial charge in [-0.3, -0.25) is 0 Å². The molecule has 6 heteroatoms. The molecule has 2 N–H and O–H groups in total. The van der Waals surface area contributed by atoms with Crippen molar-refractivity contribution in [1.82, 2.24) is 15.3 Å². The molecule has 0 amide bonds. The van der Waals surface area contributed by atoms with E-state index in [0.29, 0.717) is 11.9 Å². The van der Waals surface area contributed by atoms with Crippen LogP contribution in [-0.2, 0) is 0 Å². The van der Waals surface area contributed by atoms with Crippen LogP contribution in [0.3, 0.4) is 0 Å². The normalized spacial score (nSPS) is 15.8. The summed E-state index contributed by atoms with van der Waals surface area (Å²) in [5.41, 5.74) is 0. The van der Waals surface area contributed by atoms with E-state index < -0.39 is 0 Å². The molecule has 0 aliphatic carbocycles. The molecule has 1 aromatic heterocycles. The van der Waals surface area contributed by atoms with Crippen LogP contribution in [0.25, 0.3) is 0 Å². The zero-order valence-corrected chi connectivity index (χ0v) is 11.5. The summed E-state index contributed by atoms with van der Waals surface area (Å²) in [4.78, 5) is 8.40. The Morgan fingerprint density at radius 2 is 2.22 bits per heavy atom. The fraction of sp³-hybridized carbons (Fsp3) is 0.667. The molecule has 0 saturated carbocycles. The molecular formula is C12H21ClN4O. The van der Waals surface area contributed by atoms with Gasteiger partial charge in [-0.15, -0.1) is 12.4 Å². The van der Waals surface area contributed by atoms with Crippen molar-refractivity contribution in [2.24, 2.45) is 5.92 Å². The summed E-state index contributed by atoms with van der Waals surface area (Å²) in [6.07, 6.45) is 4.07. The minimum atomic E-state index is 0. The maximum Gasteiger partial charge on any atom is 0.318 e. The summed E-state index contributed by atoms with van der Waals surface area (Å²) in [7, 11) is 0. The number of piperidine rings is 1. The van der Waals surface area contributed by atoms with Gasteiger partial charge in [0.15, 0.2) is 0 Å². The van der Waals surface area contributed by atoms with Gasteiger partial charge < -0.3 is 15.4 Å². The lowest BCUT2D eigenvalue weighted by atomic mass is 9.99. The number of nitrogens with zero attached hydrogens (tertiary/aromatic N) is 2. The summed E-state index contributed by atoms with van der Waals surface area (Å²) < 4.78 is 5.64. The van der Waals surface area contributed by atoms with Crippen molar-refractivity contribution in [3.8, 4) is 6.01 Å². The van der Waals surface area contributed by atoms with Gasteiger partial charge in [0.1, 0.15) is 5.82 Å². The third-order valence-electron chi connectivity index (χ3n) is 2.90. The number of hydrogen-bond donors (Lipinski definition) is 2. The van der Waals surface area contributed by atoms with Gasteiger partial charge >= 0.3 is 6.01 Å². The number of halogens is 1. The van der Waals surface area contributed by atoms with Gasteiger partial charge in [0.05, 0.1) is 6.61 Å². The van der Waals surface area contributed by atoms with Crippen LogP contribution in [0.15, 0.2) is 12.3 Å². The Morgan fingerprint density at radius 3 is 2.94 bits per heavy atom. The zero-order valence-electron chi connectivity index (χ0n) is 10.7. The Hall–Kier alpha value is -1.07. The lowest BCUT2D eigenvalue weighted by molar-refractivity contribution is 0.202. The van der Waals surface area contributed by atoms with Crippen LogP contribution in [0.4, 0.5) is 5.82 Å². The van der Waals surface area contributed by atoms with E-state index >= 15 is 0 Å². The molecule has 0 atom stereocenters. The molecule has 1 fully saturated rings.